The van der Waals surface area contributed by atoms with Crippen molar-refractivity contribution in [1.29, 1.82) is 0 Å². The Kier molecular flexibility index (Phi) is 5.08. The highest BCUT2D eigenvalue weighted by molar-refractivity contribution is 5.26. The first-order valence-electron chi connectivity index (χ1n) is 11.7. The van der Waals surface area contributed by atoms with E-state index in [1.54, 1.807) is 0 Å². The van der Waals surface area contributed by atoms with Crippen LogP contribution in [0.4, 0.5) is 0 Å². The van der Waals surface area contributed by atoms with Crippen LogP contribution in [-0.4, -0.2) is 50.1 Å². The summed E-state index contributed by atoms with van der Waals surface area (Å²) in [5.41, 5.74) is 2.91. The molecule has 154 valence electrons. The molecule has 4 aliphatic carbocycles. The van der Waals surface area contributed by atoms with Crippen molar-refractivity contribution in [2.24, 2.45) is 34.5 Å². The molecule has 2 nitrogen and oxygen atoms in total. The Morgan fingerprint density at radius 1 is 0.963 bits per heavy atom. The highest BCUT2D eigenvalue weighted by atomic mass is 15.1. The fourth-order valence-corrected chi connectivity index (χ4v) is 8.28. The van der Waals surface area contributed by atoms with Gasteiger partial charge in [-0.3, -0.25) is 0 Å². The van der Waals surface area contributed by atoms with Crippen molar-refractivity contribution in [3.05, 3.63) is 11.6 Å². The number of rotatable bonds is 3. The second-order valence-corrected chi connectivity index (χ2v) is 11.6. The molecule has 0 spiro atoms. The molecular weight excluding hydrogens is 328 g/mol. The monoisotopic (exact) mass is 372 g/mol. The largest absolute Gasteiger partial charge is 0.306 e. The van der Waals surface area contributed by atoms with Crippen molar-refractivity contribution in [3.8, 4) is 0 Å². The highest BCUT2D eigenvalue weighted by Crippen LogP contribution is 2.66. The van der Waals surface area contributed by atoms with E-state index in [4.69, 9.17) is 0 Å². The van der Waals surface area contributed by atoms with Gasteiger partial charge in [0.25, 0.3) is 0 Å². The minimum absolute atomic E-state index is 0.502. The minimum atomic E-state index is 0.502. The summed E-state index contributed by atoms with van der Waals surface area (Å²) in [4.78, 5) is 4.95. The van der Waals surface area contributed by atoms with Gasteiger partial charge in [0.15, 0.2) is 0 Å². The topological polar surface area (TPSA) is 6.48 Å². The maximum atomic E-state index is 2.73. The number of hydrogen-bond donors (Lipinski definition) is 0. The van der Waals surface area contributed by atoms with Crippen molar-refractivity contribution in [2.45, 2.75) is 84.2 Å². The smallest absolute Gasteiger partial charge is 0.0127 e. The number of allylic oxidation sites excluding steroid dienone is 1. The Balaban J connectivity index is 1.59. The summed E-state index contributed by atoms with van der Waals surface area (Å²) in [6, 6.07) is 1.49. The van der Waals surface area contributed by atoms with E-state index in [1.165, 1.54) is 51.4 Å². The lowest BCUT2D eigenvalue weighted by molar-refractivity contribution is -0.0550. The molecule has 4 rings (SSSR count). The van der Waals surface area contributed by atoms with Crippen LogP contribution < -0.4 is 0 Å². The van der Waals surface area contributed by atoms with Crippen LogP contribution in [0.5, 0.6) is 0 Å². The Hall–Kier alpha value is -0.340. The molecule has 0 N–H and O–H groups in total. The molecule has 0 bridgehead atoms. The molecule has 0 unspecified atom stereocenters. The van der Waals surface area contributed by atoms with Crippen LogP contribution in [0.2, 0.25) is 0 Å². The quantitative estimate of drug-likeness (QED) is 0.608. The molecular formula is C25H44N2. The van der Waals surface area contributed by atoms with Crippen LogP contribution in [0.15, 0.2) is 11.6 Å². The second-order valence-electron chi connectivity index (χ2n) is 11.6. The highest BCUT2D eigenvalue weighted by Gasteiger charge is 2.59. The zero-order chi connectivity index (χ0) is 19.6. The van der Waals surface area contributed by atoms with Crippen LogP contribution in [-0.2, 0) is 0 Å². The number of nitrogens with zero attached hydrogens (tertiary/aromatic N) is 2. The van der Waals surface area contributed by atoms with Crippen molar-refractivity contribution in [1.82, 2.24) is 9.80 Å². The van der Waals surface area contributed by atoms with Gasteiger partial charge >= 0.3 is 0 Å². The minimum Gasteiger partial charge on any atom is -0.306 e. The first kappa shape index (κ1) is 20.0. The summed E-state index contributed by atoms with van der Waals surface area (Å²) in [7, 11) is 9.12. The molecule has 0 heterocycles. The van der Waals surface area contributed by atoms with Crippen LogP contribution in [0, 0.1) is 34.5 Å². The molecule has 8 atom stereocenters. The molecule has 0 aromatic rings. The SMILES string of the molecule is C[C@@H]([C@H]1CC[C@@H]2[C@@H]3CC=C4C[C@H](N(C)C)CC[C@@]4(C)[C@H]3CC[C@@]21C)N(C)C. The fraction of sp³-hybridized carbons (Fsp3) is 0.920. The van der Waals surface area contributed by atoms with Crippen LogP contribution in [0.25, 0.3) is 0 Å². The molecule has 27 heavy (non-hydrogen) atoms. The lowest BCUT2D eigenvalue weighted by Crippen LogP contribution is -2.52. The van der Waals surface area contributed by atoms with Gasteiger partial charge < -0.3 is 9.80 Å². The molecule has 0 amide bonds. The summed E-state index contributed by atoms with van der Waals surface area (Å²) >= 11 is 0. The van der Waals surface area contributed by atoms with E-state index in [0.29, 0.717) is 10.8 Å². The van der Waals surface area contributed by atoms with Gasteiger partial charge in [-0.2, -0.15) is 0 Å². The van der Waals surface area contributed by atoms with E-state index in [2.05, 4.69) is 64.8 Å². The normalized spacial score (nSPS) is 48.0. The lowest BCUT2D eigenvalue weighted by Gasteiger charge is -2.59. The molecule has 4 aliphatic rings. The van der Waals surface area contributed by atoms with Crippen molar-refractivity contribution >= 4 is 0 Å². The Labute approximate surface area is 168 Å². The van der Waals surface area contributed by atoms with Crippen molar-refractivity contribution in [3.63, 3.8) is 0 Å². The van der Waals surface area contributed by atoms with E-state index in [-0.39, 0.29) is 0 Å². The van der Waals surface area contributed by atoms with Crippen LogP contribution >= 0.6 is 0 Å². The van der Waals surface area contributed by atoms with Gasteiger partial charge in [0.1, 0.15) is 0 Å². The number of fused-ring (bicyclic) bond motifs is 5. The van der Waals surface area contributed by atoms with E-state index >= 15 is 0 Å². The summed E-state index contributed by atoms with van der Waals surface area (Å²) < 4.78 is 0. The van der Waals surface area contributed by atoms with Crippen LogP contribution in [0.3, 0.4) is 0 Å². The third kappa shape index (κ3) is 2.96. The Bertz CT molecular complexity index is 593. The zero-order valence-electron chi connectivity index (χ0n) is 19.1. The van der Waals surface area contributed by atoms with Gasteiger partial charge in [-0.25, -0.2) is 0 Å². The molecule has 3 saturated carbocycles. The van der Waals surface area contributed by atoms with E-state index in [9.17, 15) is 0 Å². The zero-order valence-corrected chi connectivity index (χ0v) is 19.1. The molecule has 0 aliphatic heterocycles. The van der Waals surface area contributed by atoms with Crippen molar-refractivity contribution in [2.75, 3.05) is 28.2 Å². The third-order valence-corrected chi connectivity index (χ3v) is 10.3. The first-order chi connectivity index (χ1) is 12.7. The van der Waals surface area contributed by atoms with E-state index in [0.717, 1.165) is 35.8 Å². The van der Waals surface area contributed by atoms with Gasteiger partial charge in [-0.1, -0.05) is 25.5 Å². The Morgan fingerprint density at radius 2 is 1.70 bits per heavy atom. The summed E-state index contributed by atoms with van der Waals surface area (Å²) in [6.45, 7) is 7.81. The maximum Gasteiger partial charge on any atom is 0.0127 e. The maximum absolute atomic E-state index is 2.73. The van der Waals surface area contributed by atoms with Crippen LogP contribution in [0.1, 0.15) is 72.1 Å². The third-order valence-electron chi connectivity index (χ3n) is 10.3. The van der Waals surface area contributed by atoms with Gasteiger partial charge in [-0.05, 0) is 121 Å². The molecule has 0 aromatic carbocycles. The molecule has 3 fully saturated rings. The second kappa shape index (κ2) is 6.87. The first-order valence-corrected chi connectivity index (χ1v) is 11.7. The Morgan fingerprint density at radius 3 is 2.37 bits per heavy atom. The van der Waals surface area contributed by atoms with Gasteiger partial charge in [0.2, 0.25) is 0 Å². The average molecular weight is 373 g/mol. The lowest BCUT2D eigenvalue weighted by atomic mass is 9.47. The summed E-state index contributed by atoms with van der Waals surface area (Å²) in [6.07, 6.45) is 14.1. The summed E-state index contributed by atoms with van der Waals surface area (Å²) in [5, 5.41) is 0. The van der Waals surface area contributed by atoms with Gasteiger partial charge in [0, 0.05) is 12.1 Å². The van der Waals surface area contributed by atoms with E-state index in [1.807, 2.05) is 5.57 Å². The molecule has 0 aromatic heterocycles. The van der Waals surface area contributed by atoms with E-state index < -0.39 is 0 Å². The van der Waals surface area contributed by atoms with Crippen molar-refractivity contribution < 1.29 is 0 Å². The fourth-order valence-electron chi connectivity index (χ4n) is 8.28. The predicted molar refractivity (Wildman–Crippen MR) is 116 cm³/mol. The van der Waals surface area contributed by atoms with Gasteiger partial charge in [-0.15, -0.1) is 0 Å². The predicted octanol–water partition coefficient (Wildman–Crippen LogP) is 5.45. The van der Waals surface area contributed by atoms with Gasteiger partial charge in [0.05, 0.1) is 0 Å². The summed E-state index contributed by atoms with van der Waals surface area (Å²) in [5.74, 6) is 3.76. The average Bonchev–Trinajstić information content (AvgIpc) is 2.97. The number of hydrogen-bond acceptors (Lipinski definition) is 2. The molecule has 0 saturated heterocycles. The molecule has 2 heteroatoms. The molecule has 0 radical (unpaired) electrons. The standard InChI is InChI=1S/C25H44N2/c1-17(26(4)5)21-10-11-22-20-9-8-18-16-19(27(6)7)12-14-24(18,2)23(20)13-15-25(21,22)3/h8,17,19-23H,9-16H2,1-7H3/t17-,19+,20-,21+,22+,23-,24+,25+/m0/s1.